The highest BCUT2D eigenvalue weighted by molar-refractivity contribution is 6.30. The van der Waals surface area contributed by atoms with Gasteiger partial charge in [0.1, 0.15) is 5.75 Å². The maximum Gasteiger partial charge on any atom is 0.255 e. The monoisotopic (exact) mass is 443 g/mol. The average Bonchev–Trinajstić information content (AvgIpc) is 2.78. The predicted octanol–water partition coefficient (Wildman–Crippen LogP) is 2.49. The molecule has 0 saturated carbocycles. The van der Waals surface area contributed by atoms with Crippen molar-refractivity contribution in [3.8, 4) is 5.75 Å². The van der Waals surface area contributed by atoms with Crippen molar-refractivity contribution in [2.45, 2.75) is 20.0 Å². The van der Waals surface area contributed by atoms with Gasteiger partial charge < -0.3 is 20.7 Å². The molecular weight excluding hydrogens is 414 g/mol. The number of ether oxygens (including phenoxy) is 1. The fraction of sp³-hybridized carbons (Fsp3) is 0.391. The highest BCUT2D eigenvalue weighted by Gasteiger charge is 2.19. The Bertz CT molecular complexity index is 880. The van der Waals surface area contributed by atoms with Crippen LogP contribution in [0, 0.1) is 0 Å². The van der Waals surface area contributed by atoms with Crippen LogP contribution in [-0.4, -0.2) is 61.0 Å². The normalized spacial score (nSPS) is 15.0. The van der Waals surface area contributed by atoms with Crippen LogP contribution in [0.2, 0.25) is 5.02 Å². The van der Waals surface area contributed by atoms with Crippen LogP contribution in [0.4, 0.5) is 0 Å². The van der Waals surface area contributed by atoms with Crippen molar-refractivity contribution in [2.24, 2.45) is 10.7 Å². The lowest BCUT2D eigenvalue weighted by atomic mass is 10.2. The number of nitrogens with zero attached hydrogens (tertiary/aromatic N) is 3. The molecule has 2 aromatic rings. The standard InChI is InChI=1S/C23H30ClN5O2/c1-2-26-23(27-15-19-4-3-5-21(14-19)31-17-22(25)30)29-12-10-28(11-13-29)16-18-6-8-20(24)9-7-18/h3-9,14H,2,10-13,15-17H2,1H3,(H2,25,30)(H,26,27). The van der Waals surface area contributed by atoms with Gasteiger partial charge >= 0.3 is 0 Å². The van der Waals surface area contributed by atoms with Gasteiger partial charge in [0.25, 0.3) is 5.91 Å². The lowest BCUT2D eigenvalue weighted by Gasteiger charge is -2.36. The molecule has 0 aromatic heterocycles. The van der Waals surface area contributed by atoms with E-state index < -0.39 is 5.91 Å². The molecule has 0 bridgehead atoms. The van der Waals surface area contributed by atoms with Crippen LogP contribution >= 0.6 is 11.6 Å². The van der Waals surface area contributed by atoms with E-state index in [0.29, 0.717) is 12.3 Å². The van der Waals surface area contributed by atoms with Crippen molar-refractivity contribution in [3.63, 3.8) is 0 Å². The first kappa shape index (κ1) is 22.9. The summed E-state index contributed by atoms with van der Waals surface area (Å²) in [6, 6.07) is 15.6. The highest BCUT2D eigenvalue weighted by atomic mass is 35.5. The Morgan fingerprint density at radius 3 is 2.55 bits per heavy atom. The number of nitrogens with one attached hydrogen (secondary N) is 1. The van der Waals surface area contributed by atoms with Crippen molar-refractivity contribution in [3.05, 3.63) is 64.7 Å². The van der Waals surface area contributed by atoms with Gasteiger partial charge in [-0.2, -0.15) is 0 Å². The third kappa shape index (κ3) is 7.45. The molecule has 0 atom stereocenters. The first-order valence-corrected chi connectivity index (χ1v) is 10.9. The van der Waals surface area contributed by atoms with Crippen molar-refractivity contribution in [1.29, 1.82) is 0 Å². The van der Waals surface area contributed by atoms with Gasteiger partial charge in [0.15, 0.2) is 12.6 Å². The lowest BCUT2D eigenvalue weighted by Crippen LogP contribution is -2.52. The minimum Gasteiger partial charge on any atom is -0.484 e. The zero-order valence-corrected chi connectivity index (χ0v) is 18.6. The van der Waals surface area contributed by atoms with Crippen LogP contribution in [0.1, 0.15) is 18.1 Å². The Kier molecular flexibility index (Phi) is 8.55. The molecule has 0 radical (unpaired) electrons. The molecule has 1 aliphatic heterocycles. The Morgan fingerprint density at radius 2 is 1.87 bits per heavy atom. The number of halogens is 1. The molecule has 166 valence electrons. The molecule has 1 saturated heterocycles. The van der Waals surface area contributed by atoms with E-state index in [-0.39, 0.29) is 6.61 Å². The molecule has 7 nitrogen and oxygen atoms in total. The van der Waals surface area contributed by atoms with E-state index in [0.717, 1.165) is 55.8 Å². The molecular formula is C23H30ClN5O2. The van der Waals surface area contributed by atoms with E-state index in [1.165, 1.54) is 5.56 Å². The number of carbonyl (C=O) groups excluding carboxylic acids is 1. The number of rotatable bonds is 8. The number of nitrogens with two attached hydrogens (primary N) is 1. The molecule has 1 amide bonds. The van der Waals surface area contributed by atoms with Gasteiger partial charge in [0, 0.05) is 44.3 Å². The second-order valence-corrected chi connectivity index (χ2v) is 7.90. The summed E-state index contributed by atoms with van der Waals surface area (Å²) in [6.45, 7) is 8.00. The summed E-state index contributed by atoms with van der Waals surface area (Å²) in [5, 5.41) is 4.17. The molecule has 1 fully saturated rings. The van der Waals surface area contributed by atoms with Crippen LogP contribution < -0.4 is 15.8 Å². The molecule has 1 aliphatic rings. The second-order valence-electron chi connectivity index (χ2n) is 7.46. The fourth-order valence-corrected chi connectivity index (χ4v) is 3.57. The number of benzene rings is 2. The number of hydrogen-bond donors (Lipinski definition) is 2. The molecule has 0 unspecified atom stereocenters. The zero-order valence-electron chi connectivity index (χ0n) is 17.9. The molecule has 8 heteroatoms. The summed E-state index contributed by atoms with van der Waals surface area (Å²) in [6.07, 6.45) is 0. The van der Waals surface area contributed by atoms with E-state index in [1.807, 2.05) is 30.3 Å². The topological polar surface area (TPSA) is 83.2 Å². The Labute approximate surface area is 188 Å². The van der Waals surface area contributed by atoms with Gasteiger partial charge in [0.2, 0.25) is 0 Å². The van der Waals surface area contributed by atoms with Crippen molar-refractivity contribution >= 4 is 23.5 Å². The van der Waals surface area contributed by atoms with Crippen molar-refractivity contribution in [2.75, 3.05) is 39.3 Å². The highest BCUT2D eigenvalue weighted by Crippen LogP contribution is 2.15. The van der Waals surface area contributed by atoms with E-state index in [9.17, 15) is 4.79 Å². The second kappa shape index (κ2) is 11.6. The number of primary amides is 1. The van der Waals surface area contributed by atoms with Gasteiger partial charge in [-0.1, -0.05) is 35.9 Å². The van der Waals surface area contributed by atoms with Crippen LogP contribution in [0.15, 0.2) is 53.5 Å². The van der Waals surface area contributed by atoms with E-state index in [1.54, 1.807) is 6.07 Å². The molecule has 2 aromatic carbocycles. The predicted molar refractivity (Wildman–Crippen MR) is 124 cm³/mol. The summed E-state index contributed by atoms with van der Waals surface area (Å²) in [4.78, 5) is 20.5. The van der Waals surface area contributed by atoms with Gasteiger partial charge in [-0.15, -0.1) is 0 Å². The Hall–Kier alpha value is -2.77. The Morgan fingerprint density at radius 1 is 1.13 bits per heavy atom. The molecule has 0 spiro atoms. The lowest BCUT2D eigenvalue weighted by molar-refractivity contribution is -0.119. The number of guanidine groups is 1. The minimum absolute atomic E-state index is 0.129. The zero-order chi connectivity index (χ0) is 22.1. The molecule has 0 aliphatic carbocycles. The van der Waals surface area contributed by atoms with E-state index in [2.05, 4.69) is 34.2 Å². The van der Waals surface area contributed by atoms with Crippen molar-refractivity contribution < 1.29 is 9.53 Å². The summed E-state index contributed by atoms with van der Waals surface area (Å²) < 4.78 is 5.38. The number of piperazine rings is 1. The van der Waals surface area contributed by atoms with Gasteiger partial charge in [-0.05, 0) is 42.3 Å². The molecule has 31 heavy (non-hydrogen) atoms. The SMILES string of the molecule is CCNC(=NCc1cccc(OCC(N)=O)c1)N1CCN(Cc2ccc(Cl)cc2)CC1. The van der Waals surface area contributed by atoms with E-state index in [4.69, 9.17) is 27.1 Å². The van der Waals surface area contributed by atoms with Gasteiger partial charge in [-0.25, -0.2) is 4.99 Å². The number of amides is 1. The number of carbonyl (C=O) groups is 1. The summed E-state index contributed by atoms with van der Waals surface area (Å²) >= 11 is 5.98. The first-order chi connectivity index (χ1) is 15.0. The molecule has 1 heterocycles. The van der Waals surface area contributed by atoms with Gasteiger partial charge in [0.05, 0.1) is 6.54 Å². The van der Waals surface area contributed by atoms with Crippen LogP contribution in [0.3, 0.4) is 0 Å². The average molecular weight is 444 g/mol. The Balaban J connectivity index is 1.55. The number of hydrogen-bond acceptors (Lipinski definition) is 4. The largest absolute Gasteiger partial charge is 0.484 e. The molecule has 3 N–H and O–H groups in total. The smallest absolute Gasteiger partial charge is 0.255 e. The van der Waals surface area contributed by atoms with E-state index >= 15 is 0 Å². The minimum atomic E-state index is -0.493. The third-order valence-corrected chi connectivity index (χ3v) is 5.27. The van der Waals surface area contributed by atoms with Crippen LogP contribution in [0.5, 0.6) is 5.75 Å². The quantitative estimate of drug-likeness (QED) is 0.483. The summed E-state index contributed by atoms with van der Waals surface area (Å²) in [7, 11) is 0. The van der Waals surface area contributed by atoms with Gasteiger partial charge in [-0.3, -0.25) is 9.69 Å². The molecule has 3 rings (SSSR count). The maximum absolute atomic E-state index is 10.9. The van der Waals surface area contributed by atoms with Crippen LogP contribution in [0.25, 0.3) is 0 Å². The van der Waals surface area contributed by atoms with Crippen LogP contribution in [-0.2, 0) is 17.9 Å². The first-order valence-electron chi connectivity index (χ1n) is 10.5. The maximum atomic E-state index is 10.9. The third-order valence-electron chi connectivity index (χ3n) is 5.02. The summed E-state index contributed by atoms with van der Waals surface area (Å²) in [5.74, 6) is 1.04. The van der Waals surface area contributed by atoms with Crippen molar-refractivity contribution in [1.82, 2.24) is 15.1 Å². The number of aliphatic imine (C=N–C) groups is 1. The fourth-order valence-electron chi connectivity index (χ4n) is 3.45. The summed E-state index contributed by atoms with van der Waals surface area (Å²) in [5.41, 5.74) is 7.43.